The molecule has 18 atom stereocenters. The van der Waals surface area contributed by atoms with E-state index in [0.717, 1.165) is 85.8 Å². The molecule has 2 heterocycles. The molecule has 2 saturated heterocycles. The van der Waals surface area contributed by atoms with Crippen molar-refractivity contribution in [1.29, 1.82) is 0 Å². The number of ether oxygens (including phenoxy) is 3. The van der Waals surface area contributed by atoms with Gasteiger partial charge in [-0.2, -0.15) is 0 Å². The number of phenols is 1. The number of aliphatic hydroxyl groups is 8. The zero-order valence-electron chi connectivity index (χ0n) is 55.6. The number of benzene rings is 1. The Bertz CT molecular complexity index is 2850. The lowest BCUT2D eigenvalue weighted by Crippen LogP contribution is -2.64. The highest BCUT2D eigenvalue weighted by Crippen LogP contribution is 2.25. The topological polar surface area (TPSA) is 566 Å². The van der Waals surface area contributed by atoms with Gasteiger partial charge in [-0.3, -0.25) is 52.7 Å². The number of likely N-dealkylation sites (N-methyl/N-ethyl adjacent to an activating group) is 1. The molecular weight excluding hydrogens is 1280 g/mol. The summed E-state index contributed by atoms with van der Waals surface area (Å²) in [5, 5.41) is 114. The minimum atomic E-state index is -2.30. The highest BCUT2D eigenvalue weighted by atomic mass is 16.7. The van der Waals surface area contributed by atoms with Crippen molar-refractivity contribution in [1.82, 2.24) is 47.4 Å². The van der Waals surface area contributed by atoms with E-state index >= 15 is 0 Å². The maximum Gasteiger partial charge on any atom is 0.329 e. The molecule has 2 aliphatic rings. The molecule has 546 valence electrons. The summed E-state index contributed by atoms with van der Waals surface area (Å²) in [6.45, 7) is 5.52. The molecule has 97 heavy (non-hydrogen) atoms. The van der Waals surface area contributed by atoms with E-state index in [0.29, 0.717) is 17.7 Å². The number of nitrogens with one attached hydrogen (secondary N) is 8. The largest absolute Gasteiger partial charge is 0.508 e. The van der Waals surface area contributed by atoms with Crippen molar-refractivity contribution >= 4 is 70.9 Å². The van der Waals surface area contributed by atoms with Gasteiger partial charge in [0.1, 0.15) is 84.3 Å². The number of aliphatic hydroxyl groups excluding tert-OH is 8. The maximum atomic E-state index is 14.8. The number of hydrogen-bond acceptors (Lipinski definition) is 24. The summed E-state index contributed by atoms with van der Waals surface area (Å²) in [4.78, 5) is 168. The van der Waals surface area contributed by atoms with Gasteiger partial charge < -0.3 is 119 Å². The Hall–Kier alpha value is -8.00. The Morgan fingerprint density at radius 3 is 1.87 bits per heavy atom. The fourth-order valence-electron chi connectivity index (χ4n) is 10.4. The second-order valence-corrected chi connectivity index (χ2v) is 24.1. The normalized spacial score (nSPS) is 27.1. The van der Waals surface area contributed by atoms with Crippen LogP contribution in [0.2, 0.25) is 0 Å². The molecule has 35 nitrogen and oxygen atoms in total. The third kappa shape index (κ3) is 26.7. The van der Waals surface area contributed by atoms with Crippen LogP contribution in [0.1, 0.15) is 137 Å². The summed E-state index contributed by atoms with van der Waals surface area (Å²) in [6, 6.07) is -8.97. The summed E-state index contributed by atoms with van der Waals surface area (Å²) in [5.74, 6) is -15.4. The van der Waals surface area contributed by atoms with Gasteiger partial charge in [0, 0.05) is 26.3 Å². The first-order valence-electron chi connectivity index (χ1n) is 32.2. The van der Waals surface area contributed by atoms with Crippen molar-refractivity contribution in [3.8, 4) is 5.75 Å². The molecule has 21 N–H and O–H groups in total. The van der Waals surface area contributed by atoms with Crippen molar-refractivity contribution in [3.63, 3.8) is 0 Å². The summed E-state index contributed by atoms with van der Waals surface area (Å²) in [7, 11) is 0.982. The number of phenolic OH excluding ortho intramolecular Hbond substituents is 1. The predicted octanol–water partition coefficient (Wildman–Crippen LogP) is -6.11. The Morgan fingerprint density at radius 2 is 1.31 bits per heavy atom. The number of hydrogen-bond donors (Lipinski definition) is 19. The number of rotatable bonds is 29. The fourth-order valence-corrected chi connectivity index (χ4v) is 10.4. The first-order valence-corrected chi connectivity index (χ1v) is 32.2. The number of aromatic hydroxyl groups is 1. The van der Waals surface area contributed by atoms with Crippen molar-refractivity contribution in [2.45, 2.75) is 247 Å². The molecular formula is C62H99N11O24. The number of allylic oxidation sites excluding steroid dienone is 1. The average molecular weight is 1380 g/mol. The van der Waals surface area contributed by atoms with Crippen LogP contribution in [-0.2, 0) is 78.2 Å². The Kier molecular flexibility index (Phi) is 35.4. The third-order valence-electron chi connectivity index (χ3n) is 16.2. The predicted molar refractivity (Wildman–Crippen MR) is 339 cm³/mol. The first-order chi connectivity index (χ1) is 45.7. The van der Waals surface area contributed by atoms with Gasteiger partial charge >= 0.3 is 5.97 Å². The second kappa shape index (κ2) is 41.3. The molecule has 35 heteroatoms. The maximum absolute atomic E-state index is 14.8. The van der Waals surface area contributed by atoms with E-state index in [1.54, 1.807) is 0 Å². The molecule has 0 spiro atoms. The van der Waals surface area contributed by atoms with Crippen molar-refractivity contribution in [2.24, 2.45) is 11.5 Å². The third-order valence-corrected chi connectivity index (χ3v) is 16.2. The highest BCUT2D eigenvalue weighted by Gasteiger charge is 2.47. The Morgan fingerprint density at radius 1 is 0.732 bits per heavy atom. The summed E-state index contributed by atoms with van der Waals surface area (Å²) in [6.07, 6.45) is -14.6. The van der Waals surface area contributed by atoms with Crippen LogP contribution < -0.4 is 54.0 Å². The number of cyclic esters (lactones) is 1. The highest BCUT2D eigenvalue weighted by molar-refractivity contribution is 6.02. The van der Waals surface area contributed by atoms with Crippen LogP contribution in [0.15, 0.2) is 36.0 Å². The minimum absolute atomic E-state index is 0.0402. The molecule has 12 unspecified atom stereocenters. The van der Waals surface area contributed by atoms with Crippen LogP contribution in [0.5, 0.6) is 5.75 Å². The smallest absolute Gasteiger partial charge is 0.329 e. The Balaban J connectivity index is 2.26. The summed E-state index contributed by atoms with van der Waals surface area (Å²) >= 11 is 0. The van der Waals surface area contributed by atoms with E-state index in [1.165, 1.54) is 31.2 Å². The van der Waals surface area contributed by atoms with Crippen molar-refractivity contribution in [3.05, 3.63) is 41.6 Å². The monoisotopic (exact) mass is 1380 g/mol. The summed E-state index contributed by atoms with van der Waals surface area (Å²) in [5.41, 5.74) is 10.5. The number of unbranched alkanes of at least 4 members (excludes halogenated alkanes) is 8. The number of nitrogens with two attached hydrogens (primary N) is 2. The van der Waals surface area contributed by atoms with E-state index in [-0.39, 0.29) is 17.7 Å². The lowest BCUT2D eigenvalue weighted by Gasteiger charge is -2.42. The van der Waals surface area contributed by atoms with Gasteiger partial charge in [0.25, 0.3) is 11.8 Å². The zero-order chi connectivity index (χ0) is 73.0. The molecule has 0 bridgehead atoms. The van der Waals surface area contributed by atoms with Crippen molar-refractivity contribution < 1.29 is 118 Å². The van der Waals surface area contributed by atoms with E-state index in [2.05, 4.69) is 49.5 Å². The molecule has 2 fully saturated rings. The van der Waals surface area contributed by atoms with E-state index in [1.807, 2.05) is 0 Å². The number of amides is 11. The molecule has 2 aliphatic heterocycles. The van der Waals surface area contributed by atoms with E-state index in [9.17, 15) is 103 Å². The standard InChI is InChI=1S/C62H99N11O24/c1-8-10-11-12-13-14-15-16-17-18-40(78)49(82)60(93)71-46(31(4)76)57(90)72-47-32(5)95-61(94)38(24-26-43(64)80)68-59(92)48(33(6)96-62-52(85)51(84)50(83)41(29-74)97-62)73(7)44(81)28-65-53(86)37(23-25-42(63)79)67-54(87)36(9-2)66-55(88)39(27-34-19-21-35(77)22-20-34)69-56(89)45(30(3)75)70-58(47)91/h9,19-22,30-33,37-41,45-52,62,74-78,82-85H,8,10-18,23-29H2,1-7H3,(H2,63,79)(H2,64,80)(H,65,86)(H,66,88)(H,67,87)(H,68,92)(H,69,89)(H,70,91)(H,71,93)(H,72,90)/b36-9-/t30?,31?,32?,33?,37?,38?,39-,40?,41-,45?,46?,47?,48?,49?,50-,51+,52+,62+/m1/s1. The molecule has 0 aromatic heterocycles. The van der Waals surface area contributed by atoms with E-state index < -0.39 is 232 Å². The number of primary amides is 2. The van der Waals surface area contributed by atoms with Crippen LogP contribution in [0.4, 0.5) is 0 Å². The number of esters is 1. The first kappa shape index (κ1) is 83.2. The summed E-state index contributed by atoms with van der Waals surface area (Å²) < 4.78 is 17.0. The lowest BCUT2D eigenvalue weighted by molar-refractivity contribution is -0.312. The lowest BCUT2D eigenvalue weighted by atomic mass is 9.99. The van der Waals surface area contributed by atoms with Crippen LogP contribution in [-0.4, -0.2) is 252 Å². The van der Waals surface area contributed by atoms with Crippen molar-refractivity contribution in [2.75, 3.05) is 20.2 Å². The molecule has 0 radical (unpaired) electrons. The molecule has 0 saturated carbocycles. The average Bonchev–Trinajstić information content (AvgIpc) is 1.25. The van der Waals surface area contributed by atoms with Gasteiger partial charge in [0.15, 0.2) is 12.4 Å². The number of carbonyl (C=O) groups excluding carboxylic acids is 12. The number of carbonyl (C=O) groups is 12. The van der Waals surface area contributed by atoms with Gasteiger partial charge in [-0.25, -0.2) is 4.79 Å². The SMILES string of the molecule is C/C=C1\NC(=O)[C@@H](Cc2ccc(O)cc2)NC(=O)C(C(C)O)NC(=O)C(NC(=O)C(NC(=O)C(O)C(O)CCCCCCCCCCC)C(C)O)C(C)OC(=O)C(CCC(N)=O)NC(=O)C(C(C)O[C@H]2O[C@H](CO)[C@@H](O)[C@H](O)[C@@H]2O)N(C)C(=O)CNC(=O)C(CCC(N)=O)NC1=O. The van der Waals surface area contributed by atoms with Gasteiger partial charge in [-0.15, -0.1) is 0 Å². The van der Waals surface area contributed by atoms with Gasteiger partial charge in [-0.1, -0.05) is 82.9 Å². The quantitative estimate of drug-likeness (QED) is 0.0202. The zero-order valence-corrected chi connectivity index (χ0v) is 55.6. The Labute approximate surface area is 560 Å². The van der Waals surface area contributed by atoms with Crippen LogP contribution in [0.25, 0.3) is 0 Å². The molecule has 3 rings (SSSR count). The molecule has 11 amide bonds. The molecule has 1 aromatic carbocycles. The van der Waals surface area contributed by atoms with Crippen LogP contribution in [0.3, 0.4) is 0 Å². The fraction of sp³-hybridized carbons (Fsp3) is 0.677. The number of nitrogens with zero attached hydrogens (tertiary/aromatic N) is 1. The van der Waals surface area contributed by atoms with Crippen LogP contribution >= 0.6 is 0 Å². The van der Waals surface area contributed by atoms with Gasteiger partial charge in [0.2, 0.25) is 53.2 Å². The minimum Gasteiger partial charge on any atom is -0.508 e. The van der Waals surface area contributed by atoms with Gasteiger partial charge in [-0.05, 0) is 71.6 Å². The molecule has 1 aromatic rings. The van der Waals surface area contributed by atoms with E-state index in [4.69, 9.17) is 25.7 Å². The second-order valence-electron chi connectivity index (χ2n) is 24.1. The van der Waals surface area contributed by atoms with Crippen LogP contribution in [0, 0.1) is 0 Å². The molecule has 0 aliphatic carbocycles. The van der Waals surface area contributed by atoms with Gasteiger partial charge in [0.05, 0.1) is 37.6 Å².